The van der Waals surface area contributed by atoms with E-state index in [0.29, 0.717) is 11.5 Å². The number of hydrogen-bond acceptors (Lipinski definition) is 5. The van der Waals surface area contributed by atoms with Crippen LogP contribution in [0.15, 0.2) is 47.4 Å². The summed E-state index contributed by atoms with van der Waals surface area (Å²) < 4.78 is 48.0. The summed E-state index contributed by atoms with van der Waals surface area (Å²) in [4.78, 5) is 11.4. The molecule has 2 rings (SSSR count). The van der Waals surface area contributed by atoms with Gasteiger partial charge < -0.3 is 19.7 Å². The number of ether oxygens (including phenoxy) is 2. The van der Waals surface area contributed by atoms with Gasteiger partial charge in [-0.15, -0.1) is 11.8 Å². The first-order valence-electron chi connectivity index (χ1n) is 8.21. The number of aliphatic carboxylic acids is 1. The van der Waals surface area contributed by atoms with E-state index in [-0.39, 0.29) is 12.4 Å². The maximum atomic E-state index is 12.5. The minimum absolute atomic E-state index is 0.0584. The van der Waals surface area contributed by atoms with Crippen LogP contribution in [0, 0.1) is 6.92 Å². The van der Waals surface area contributed by atoms with Crippen LogP contribution in [-0.4, -0.2) is 41.3 Å². The predicted octanol–water partition coefficient (Wildman–Crippen LogP) is 4.01. The summed E-state index contributed by atoms with van der Waals surface area (Å²) in [6.45, 7) is 1.30. The van der Waals surface area contributed by atoms with Crippen LogP contribution in [0.5, 0.6) is 11.5 Å². The first-order chi connectivity index (χ1) is 13.1. The van der Waals surface area contributed by atoms with Gasteiger partial charge in [0, 0.05) is 10.6 Å². The fourth-order valence-corrected chi connectivity index (χ4v) is 3.09. The van der Waals surface area contributed by atoms with Crippen molar-refractivity contribution < 1.29 is 37.7 Å². The lowest BCUT2D eigenvalue weighted by molar-refractivity contribution is -0.139. The third-order valence-electron chi connectivity index (χ3n) is 3.56. The molecule has 0 radical (unpaired) electrons. The summed E-state index contributed by atoms with van der Waals surface area (Å²) >= 11 is 1.37. The van der Waals surface area contributed by atoms with E-state index in [0.717, 1.165) is 22.6 Å². The fraction of sp³-hybridized carbons (Fsp3) is 0.316. The van der Waals surface area contributed by atoms with Crippen molar-refractivity contribution in [2.45, 2.75) is 24.1 Å². The van der Waals surface area contributed by atoms with E-state index >= 15 is 0 Å². The summed E-state index contributed by atoms with van der Waals surface area (Å²) in [5.74, 6) is -0.0325. The molecule has 0 saturated heterocycles. The van der Waals surface area contributed by atoms with Gasteiger partial charge in [-0.1, -0.05) is 0 Å². The van der Waals surface area contributed by atoms with Crippen LogP contribution in [-0.2, 0) is 11.0 Å². The SMILES string of the molecule is Cc1cc(SC[C@@H](O)COc2ccc(C(F)(F)F)cc2)ccc1OCC(=O)O. The molecule has 0 unspecified atom stereocenters. The molecule has 2 aromatic carbocycles. The maximum absolute atomic E-state index is 12.5. The molecule has 2 N–H and O–H groups in total. The topological polar surface area (TPSA) is 76.0 Å². The number of benzene rings is 2. The standard InChI is InChI=1S/C19H19F3O5S/c1-12-8-16(6-7-17(12)27-10-18(24)25)28-11-14(23)9-26-15-4-2-13(3-5-15)19(20,21)22/h2-8,14,23H,9-11H2,1H3,(H,24,25)/t14-/m0/s1. The summed E-state index contributed by atoms with van der Waals surface area (Å²) in [5, 5.41) is 18.6. The number of aliphatic hydroxyl groups excluding tert-OH is 1. The third kappa shape index (κ3) is 6.97. The van der Waals surface area contributed by atoms with Crippen molar-refractivity contribution in [1.29, 1.82) is 0 Å². The van der Waals surface area contributed by atoms with E-state index < -0.39 is 30.4 Å². The average Bonchev–Trinajstić information content (AvgIpc) is 2.63. The van der Waals surface area contributed by atoms with E-state index in [4.69, 9.17) is 14.6 Å². The summed E-state index contributed by atoms with van der Waals surface area (Å²) in [6.07, 6.45) is -5.23. The van der Waals surface area contributed by atoms with Crippen LogP contribution in [0.2, 0.25) is 0 Å². The molecule has 0 aliphatic carbocycles. The lowest BCUT2D eigenvalue weighted by atomic mass is 10.2. The minimum Gasteiger partial charge on any atom is -0.491 e. The molecule has 0 aliphatic rings. The third-order valence-corrected chi connectivity index (χ3v) is 4.70. The smallest absolute Gasteiger partial charge is 0.416 e. The maximum Gasteiger partial charge on any atom is 0.416 e. The molecule has 1 atom stereocenters. The molecule has 0 spiro atoms. The number of halogens is 3. The van der Waals surface area contributed by atoms with Crippen molar-refractivity contribution in [3.05, 3.63) is 53.6 Å². The van der Waals surface area contributed by atoms with Gasteiger partial charge in [-0.25, -0.2) is 4.79 Å². The summed E-state index contributed by atoms with van der Waals surface area (Å²) in [5.41, 5.74) is 0.00356. The Labute approximate surface area is 164 Å². The quantitative estimate of drug-likeness (QED) is 0.602. The molecule has 0 heterocycles. The van der Waals surface area contributed by atoms with E-state index in [9.17, 15) is 23.1 Å². The van der Waals surface area contributed by atoms with E-state index in [1.165, 1.54) is 23.9 Å². The predicted molar refractivity (Wildman–Crippen MR) is 98.0 cm³/mol. The molecule has 2 aromatic rings. The van der Waals surface area contributed by atoms with E-state index in [2.05, 4.69) is 0 Å². The highest BCUT2D eigenvalue weighted by atomic mass is 32.2. The second-order valence-corrected chi connectivity index (χ2v) is 7.00. The number of aliphatic hydroxyl groups is 1. The zero-order chi connectivity index (χ0) is 20.7. The van der Waals surface area contributed by atoms with Crippen LogP contribution in [0.25, 0.3) is 0 Å². The number of hydrogen-bond donors (Lipinski definition) is 2. The van der Waals surface area contributed by atoms with Gasteiger partial charge in [0.2, 0.25) is 0 Å². The van der Waals surface area contributed by atoms with Crippen LogP contribution < -0.4 is 9.47 Å². The van der Waals surface area contributed by atoms with Crippen LogP contribution in [0.3, 0.4) is 0 Å². The van der Waals surface area contributed by atoms with Gasteiger partial charge in [0.1, 0.15) is 18.1 Å². The van der Waals surface area contributed by atoms with Crippen molar-refractivity contribution >= 4 is 17.7 Å². The lowest BCUT2D eigenvalue weighted by Gasteiger charge is -2.14. The van der Waals surface area contributed by atoms with Crippen molar-refractivity contribution in [3.8, 4) is 11.5 Å². The summed E-state index contributed by atoms with van der Waals surface area (Å²) in [6, 6.07) is 9.49. The normalized spacial score (nSPS) is 12.5. The van der Waals surface area contributed by atoms with Gasteiger partial charge in [-0.2, -0.15) is 13.2 Å². The van der Waals surface area contributed by atoms with Gasteiger partial charge in [-0.05, 0) is 55.0 Å². The zero-order valence-electron chi connectivity index (χ0n) is 14.9. The lowest BCUT2D eigenvalue weighted by Crippen LogP contribution is -2.20. The Morgan fingerprint density at radius 2 is 1.82 bits per heavy atom. The summed E-state index contributed by atoms with van der Waals surface area (Å²) in [7, 11) is 0. The second kappa shape index (κ2) is 9.70. The Bertz CT molecular complexity index is 793. The molecular formula is C19H19F3O5S. The Hall–Kier alpha value is -2.39. The largest absolute Gasteiger partial charge is 0.491 e. The molecule has 0 aliphatic heterocycles. The van der Waals surface area contributed by atoms with Crippen molar-refractivity contribution in [3.63, 3.8) is 0 Å². The Morgan fingerprint density at radius 3 is 2.39 bits per heavy atom. The number of rotatable bonds is 9. The minimum atomic E-state index is -4.40. The molecule has 0 aromatic heterocycles. The van der Waals surface area contributed by atoms with E-state index in [1.807, 2.05) is 6.07 Å². The Kier molecular flexibility index (Phi) is 7.59. The van der Waals surface area contributed by atoms with Crippen molar-refractivity contribution in [2.75, 3.05) is 19.0 Å². The monoisotopic (exact) mass is 416 g/mol. The molecule has 0 amide bonds. The molecule has 9 heteroatoms. The number of carboxylic acids is 1. The van der Waals surface area contributed by atoms with E-state index in [1.54, 1.807) is 19.1 Å². The van der Waals surface area contributed by atoms with Gasteiger partial charge in [0.25, 0.3) is 0 Å². The Morgan fingerprint density at radius 1 is 1.14 bits per heavy atom. The number of alkyl halides is 3. The molecule has 0 fully saturated rings. The average molecular weight is 416 g/mol. The highest BCUT2D eigenvalue weighted by Crippen LogP contribution is 2.30. The van der Waals surface area contributed by atoms with Crippen molar-refractivity contribution in [2.24, 2.45) is 0 Å². The van der Waals surface area contributed by atoms with Crippen LogP contribution in [0.4, 0.5) is 13.2 Å². The van der Waals surface area contributed by atoms with Crippen LogP contribution in [0.1, 0.15) is 11.1 Å². The van der Waals surface area contributed by atoms with Gasteiger partial charge >= 0.3 is 12.1 Å². The van der Waals surface area contributed by atoms with Crippen molar-refractivity contribution in [1.82, 2.24) is 0 Å². The first-order valence-corrected chi connectivity index (χ1v) is 9.20. The number of aryl methyl sites for hydroxylation is 1. The molecule has 0 bridgehead atoms. The Balaban J connectivity index is 1.80. The molecule has 152 valence electrons. The zero-order valence-corrected chi connectivity index (χ0v) is 15.7. The second-order valence-electron chi connectivity index (χ2n) is 5.91. The highest BCUT2D eigenvalue weighted by molar-refractivity contribution is 7.99. The number of carbonyl (C=O) groups is 1. The molecule has 0 saturated carbocycles. The first kappa shape index (κ1) is 21.9. The molecule has 5 nitrogen and oxygen atoms in total. The molecular weight excluding hydrogens is 397 g/mol. The van der Waals surface area contributed by atoms with Gasteiger partial charge in [0.15, 0.2) is 6.61 Å². The van der Waals surface area contributed by atoms with Gasteiger partial charge in [-0.3, -0.25) is 0 Å². The van der Waals surface area contributed by atoms with Gasteiger partial charge in [0.05, 0.1) is 11.7 Å². The fourth-order valence-electron chi connectivity index (χ4n) is 2.19. The molecule has 28 heavy (non-hydrogen) atoms. The number of carboxylic acid groups (broad SMARTS) is 1. The highest BCUT2D eigenvalue weighted by Gasteiger charge is 2.30. The van der Waals surface area contributed by atoms with Crippen LogP contribution >= 0.6 is 11.8 Å². The number of thioether (sulfide) groups is 1.